The van der Waals surface area contributed by atoms with Gasteiger partial charge in [0.05, 0.1) is 0 Å². The summed E-state index contributed by atoms with van der Waals surface area (Å²) in [6.07, 6.45) is 8.15. The van der Waals surface area contributed by atoms with Gasteiger partial charge in [0, 0.05) is 25.7 Å². The van der Waals surface area contributed by atoms with E-state index in [1.165, 1.54) is 76.8 Å². The minimum absolute atomic E-state index is 0.795. The second-order valence-electron chi connectivity index (χ2n) is 8.89. The van der Waals surface area contributed by atoms with E-state index < -0.39 is 0 Å². The summed E-state index contributed by atoms with van der Waals surface area (Å²) in [5.41, 5.74) is 3.14. The predicted molar refractivity (Wildman–Crippen MR) is 106 cm³/mol. The van der Waals surface area contributed by atoms with Crippen molar-refractivity contribution in [1.82, 2.24) is 9.80 Å². The largest absolute Gasteiger partial charge is 0.303 e. The van der Waals surface area contributed by atoms with Gasteiger partial charge in [0.25, 0.3) is 0 Å². The highest BCUT2D eigenvalue weighted by Gasteiger charge is 2.42. The summed E-state index contributed by atoms with van der Waals surface area (Å²) >= 11 is 0. The lowest BCUT2D eigenvalue weighted by molar-refractivity contribution is 0.272. The van der Waals surface area contributed by atoms with Crippen LogP contribution in [0.3, 0.4) is 0 Å². The number of rotatable bonds is 6. The molecule has 2 heterocycles. The summed E-state index contributed by atoms with van der Waals surface area (Å²) in [6.45, 7) is 11.2. The van der Waals surface area contributed by atoms with Crippen molar-refractivity contribution in [3.05, 3.63) is 35.4 Å². The summed E-state index contributed by atoms with van der Waals surface area (Å²) in [4.78, 5) is 5.38. The summed E-state index contributed by atoms with van der Waals surface area (Å²) in [7, 11) is 0. The molecule has 0 bridgehead atoms. The normalized spacial score (nSPS) is 33.2. The summed E-state index contributed by atoms with van der Waals surface area (Å²) < 4.78 is 0. The van der Waals surface area contributed by atoms with Gasteiger partial charge in [-0.15, -0.1) is 0 Å². The zero-order chi connectivity index (χ0) is 17.2. The number of nitrogens with zero attached hydrogens (tertiary/aromatic N) is 2. The van der Waals surface area contributed by atoms with E-state index in [0.717, 1.165) is 23.8 Å². The fraction of sp³-hybridized carbons (Fsp3) is 0.739. The van der Waals surface area contributed by atoms with Crippen molar-refractivity contribution in [2.45, 2.75) is 64.3 Å². The van der Waals surface area contributed by atoms with Crippen LogP contribution >= 0.6 is 0 Å². The first-order chi connectivity index (χ1) is 12.2. The van der Waals surface area contributed by atoms with Gasteiger partial charge in [0.15, 0.2) is 0 Å². The van der Waals surface area contributed by atoms with Crippen LogP contribution in [0.25, 0.3) is 0 Å². The molecule has 25 heavy (non-hydrogen) atoms. The fourth-order valence-corrected chi connectivity index (χ4v) is 5.80. The Morgan fingerprint density at radius 1 is 1.00 bits per heavy atom. The molecular weight excluding hydrogens is 304 g/mol. The molecule has 2 nitrogen and oxygen atoms in total. The molecule has 2 aliphatic heterocycles. The molecule has 0 aromatic heterocycles. The quantitative estimate of drug-likeness (QED) is 0.749. The molecule has 4 rings (SSSR count). The molecule has 2 heteroatoms. The Kier molecular flexibility index (Phi) is 5.47. The maximum atomic E-state index is 2.72. The molecule has 0 radical (unpaired) electrons. The monoisotopic (exact) mass is 340 g/mol. The molecule has 2 saturated heterocycles. The van der Waals surface area contributed by atoms with Crippen molar-refractivity contribution < 1.29 is 0 Å². The van der Waals surface area contributed by atoms with Crippen LogP contribution in [-0.2, 0) is 6.42 Å². The van der Waals surface area contributed by atoms with Crippen molar-refractivity contribution in [2.75, 3.05) is 32.7 Å². The topological polar surface area (TPSA) is 6.48 Å². The smallest absolute Gasteiger partial charge is 0.00675 e. The molecular formula is C23H36N2. The van der Waals surface area contributed by atoms with Crippen LogP contribution in [0.1, 0.15) is 63.0 Å². The Morgan fingerprint density at radius 3 is 2.56 bits per heavy atom. The average Bonchev–Trinajstić information content (AvgIpc) is 3.30. The standard InChI is InChI=1S/C23H36N2/c1-3-13-24-16-21-10-11-22(23(21)17-24)20-8-6-19(7-9-20)12-15-25-14-4-5-18(25)2/h6-9,18,21-23H,3-5,10-17H2,1-2H3/t18-,21-,22+,23+/m1/s1. The third-order valence-electron chi connectivity index (χ3n) is 7.26. The molecule has 1 aliphatic carbocycles. The highest BCUT2D eigenvalue weighted by molar-refractivity contribution is 5.28. The van der Waals surface area contributed by atoms with E-state index in [1.807, 2.05) is 0 Å². The highest BCUT2D eigenvalue weighted by atomic mass is 15.2. The summed E-state index contributed by atoms with van der Waals surface area (Å²) in [6, 6.07) is 10.5. The Labute approximate surface area is 154 Å². The number of hydrogen-bond acceptors (Lipinski definition) is 2. The van der Waals surface area contributed by atoms with Gasteiger partial charge in [-0.25, -0.2) is 0 Å². The van der Waals surface area contributed by atoms with E-state index in [1.54, 1.807) is 5.56 Å². The number of likely N-dealkylation sites (tertiary alicyclic amines) is 2. The van der Waals surface area contributed by atoms with Crippen molar-refractivity contribution >= 4 is 0 Å². The van der Waals surface area contributed by atoms with Crippen LogP contribution < -0.4 is 0 Å². The summed E-state index contributed by atoms with van der Waals surface area (Å²) in [5.74, 6) is 2.70. The zero-order valence-electron chi connectivity index (χ0n) is 16.3. The van der Waals surface area contributed by atoms with Gasteiger partial charge in [0.2, 0.25) is 0 Å². The van der Waals surface area contributed by atoms with Gasteiger partial charge in [-0.3, -0.25) is 0 Å². The highest BCUT2D eigenvalue weighted by Crippen LogP contribution is 2.47. The number of fused-ring (bicyclic) bond motifs is 1. The minimum Gasteiger partial charge on any atom is -0.303 e. The van der Waals surface area contributed by atoms with Gasteiger partial charge in [-0.05, 0) is 87.4 Å². The van der Waals surface area contributed by atoms with Crippen LogP contribution in [0, 0.1) is 11.8 Å². The van der Waals surface area contributed by atoms with E-state index in [0.29, 0.717) is 0 Å². The fourth-order valence-electron chi connectivity index (χ4n) is 5.80. The first-order valence-corrected chi connectivity index (χ1v) is 10.8. The third kappa shape index (κ3) is 3.80. The van der Waals surface area contributed by atoms with Crippen LogP contribution in [0.2, 0.25) is 0 Å². The van der Waals surface area contributed by atoms with Crippen molar-refractivity contribution in [2.24, 2.45) is 11.8 Å². The van der Waals surface area contributed by atoms with Crippen molar-refractivity contribution in [1.29, 1.82) is 0 Å². The zero-order valence-corrected chi connectivity index (χ0v) is 16.3. The lowest BCUT2D eigenvalue weighted by Crippen LogP contribution is -2.28. The van der Waals surface area contributed by atoms with Gasteiger partial charge in [-0.1, -0.05) is 31.2 Å². The average molecular weight is 341 g/mol. The lowest BCUT2D eigenvalue weighted by atomic mass is 9.86. The molecule has 1 aromatic rings. The molecule has 0 N–H and O–H groups in total. The van der Waals surface area contributed by atoms with Gasteiger partial charge in [0.1, 0.15) is 0 Å². The molecule has 1 aromatic carbocycles. The molecule has 138 valence electrons. The van der Waals surface area contributed by atoms with Gasteiger partial charge in [-0.2, -0.15) is 0 Å². The summed E-state index contributed by atoms with van der Waals surface area (Å²) in [5, 5.41) is 0. The predicted octanol–water partition coefficient (Wildman–Crippen LogP) is 4.55. The first-order valence-electron chi connectivity index (χ1n) is 10.8. The van der Waals surface area contributed by atoms with Gasteiger partial charge >= 0.3 is 0 Å². The Balaban J connectivity index is 1.34. The molecule has 3 fully saturated rings. The molecule has 0 amide bonds. The molecule has 3 aliphatic rings. The second-order valence-corrected chi connectivity index (χ2v) is 8.89. The number of hydrogen-bond donors (Lipinski definition) is 0. The van der Waals surface area contributed by atoms with Crippen LogP contribution in [0.15, 0.2) is 24.3 Å². The Morgan fingerprint density at radius 2 is 1.84 bits per heavy atom. The van der Waals surface area contributed by atoms with Crippen LogP contribution in [0.5, 0.6) is 0 Å². The third-order valence-corrected chi connectivity index (χ3v) is 7.26. The maximum absolute atomic E-state index is 2.72. The Bertz CT molecular complexity index is 552. The van der Waals surface area contributed by atoms with Crippen LogP contribution in [-0.4, -0.2) is 48.6 Å². The van der Waals surface area contributed by atoms with Crippen molar-refractivity contribution in [3.8, 4) is 0 Å². The van der Waals surface area contributed by atoms with E-state index in [2.05, 4.69) is 47.9 Å². The second kappa shape index (κ2) is 7.80. The van der Waals surface area contributed by atoms with E-state index >= 15 is 0 Å². The van der Waals surface area contributed by atoms with E-state index in [-0.39, 0.29) is 0 Å². The molecule has 4 atom stereocenters. The molecule has 0 unspecified atom stereocenters. The minimum atomic E-state index is 0.795. The lowest BCUT2D eigenvalue weighted by Gasteiger charge is -2.22. The van der Waals surface area contributed by atoms with Crippen molar-refractivity contribution in [3.63, 3.8) is 0 Å². The first kappa shape index (κ1) is 17.5. The van der Waals surface area contributed by atoms with E-state index in [9.17, 15) is 0 Å². The Hall–Kier alpha value is -0.860. The molecule has 1 saturated carbocycles. The SMILES string of the molecule is CCCN1C[C@H]2CC[C@@H](c3ccc(CCN4CCC[C@H]4C)cc3)[C@H]2C1. The van der Waals surface area contributed by atoms with Gasteiger partial charge < -0.3 is 9.80 Å². The molecule has 0 spiro atoms. The van der Waals surface area contributed by atoms with Crippen LogP contribution in [0.4, 0.5) is 0 Å². The van der Waals surface area contributed by atoms with E-state index in [4.69, 9.17) is 0 Å². The number of benzene rings is 1. The maximum Gasteiger partial charge on any atom is 0.00675 e.